The maximum absolute atomic E-state index is 14.2. The van der Waals surface area contributed by atoms with Gasteiger partial charge >= 0.3 is 0 Å². The number of anilines is 1. The van der Waals surface area contributed by atoms with Gasteiger partial charge in [-0.15, -0.1) is 0 Å². The third-order valence-corrected chi connectivity index (χ3v) is 6.84. The number of para-hydroxylation sites is 1. The number of nitrogens with zero attached hydrogens (tertiary/aromatic N) is 2. The first-order valence-electron chi connectivity index (χ1n) is 11.1. The Balaban J connectivity index is 2.17. The van der Waals surface area contributed by atoms with Gasteiger partial charge in [0.1, 0.15) is 11.9 Å². The van der Waals surface area contributed by atoms with Crippen LogP contribution in [0, 0.1) is 5.82 Å². The molecule has 34 heavy (non-hydrogen) atoms. The van der Waals surface area contributed by atoms with E-state index in [1.54, 1.807) is 37.3 Å². The molecule has 2 amide bonds. The van der Waals surface area contributed by atoms with Gasteiger partial charge in [0.15, 0.2) is 0 Å². The van der Waals surface area contributed by atoms with E-state index in [1.165, 1.54) is 23.1 Å². The van der Waals surface area contributed by atoms with Crippen molar-refractivity contribution in [2.24, 2.45) is 0 Å². The van der Waals surface area contributed by atoms with E-state index < -0.39 is 21.9 Å². The Labute approximate surface area is 205 Å². The van der Waals surface area contributed by atoms with Gasteiger partial charge in [0.25, 0.3) is 0 Å². The van der Waals surface area contributed by atoms with Gasteiger partial charge in [0.05, 0.1) is 11.9 Å². The first-order valence-corrected chi connectivity index (χ1v) is 13.3. The van der Waals surface area contributed by atoms with Gasteiger partial charge < -0.3 is 10.2 Å². The van der Waals surface area contributed by atoms with E-state index in [1.807, 2.05) is 6.92 Å². The molecule has 0 saturated heterocycles. The number of halogens is 2. The van der Waals surface area contributed by atoms with E-state index >= 15 is 0 Å². The second kappa shape index (κ2) is 12.7. The second-order valence-electron chi connectivity index (χ2n) is 7.97. The highest BCUT2D eigenvalue weighted by Gasteiger charge is 2.27. The molecule has 0 saturated carbocycles. The van der Waals surface area contributed by atoms with Crippen LogP contribution >= 0.6 is 11.6 Å². The van der Waals surface area contributed by atoms with Gasteiger partial charge in [0, 0.05) is 31.1 Å². The molecular weight excluding hydrogens is 481 g/mol. The topological polar surface area (TPSA) is 86.8 Å². The van der Waals surface area contributed by atoms with E-state index in [-0.39, 0.29) is 43.4 Å². The number of nitrogens with one attached hydrogen (secondary N) is 1. The lowest BCUT2D eigenvalue weighted by molar-refractivity contribution is -0.140. The zero-order valence-corrected chi connectivity index (χ0v) is 21.2. The van der Waals surface area contributed by atoms with E-state index in [9.17, 15) is 22.4 Å². The van der Waals surface area contributed by atoms with Crippen LogP contribution in [0.25, 0.3) is 0 Å². The average molecular weight is 512 g/mol. The molecule has 0 heterocycles. The van der Waals surface area contributed by atoms with Crippen molar-refractivity contribution in [3.63, 3.8) is 0 Å². The fraction of sp³-hybridized carbons (Fsp3) is 0.417. The van der Waals surface area contributed by atoms with Crippen LogP contribution in [0.3, 0.4) is 0 Å². The van der Waals surface area contributed by atoms with Crippen LogP contribution in [0.5, 0.6) is 0 Å². The minimum atomic E-state index is -3.77. The molecule has 0 aliphatic heterocycles. The number of hydrogen-bond acceptors (Lipinski definition) is 4. The number of carbonyl (C=O) groups is 2. The lowest BCUT2D eigenvalue weighted by atomic mass is 10.1. The highest BCUT2D eigenvalue weighted by molar-refractivity contribution is 7.92. The van der Waals surface area contributed by atoms with Gasteiger partial charge in [-0.1, -0.05) is 48.9 Å². The first-order chi connectivity index (χ1) is 16.1. The predicted molar refractivity (Wildman–Crippen MR) is 133 cm³/mol. The Bertz CT molecular complexity index is 1100. The number of sulfonamides is 1. The largest absolute Gasteiger partial charge is 0.354 e. The predicted octanol–water partition coefficient (Wildman–Crippen LogP) is 3.97. The first kappa shape index (κ1) is 27.6. The molecule has 186 valence electrons. The van der Waals surface area contributed by atoms with Crippen molar-refractivity contribution in [3.8, 4) is 0 Å². The van der Waals surface area contributed by atoms with Crippen molar-refractivity contribution in [1.29, 1.82) is 0 Å². The zero-order valence-electron chi connectivity index (χ0n) is 19.6. The quantitative estimate of drug-likeness (QED) is 0.467. The summed E-state index contributed by atoms with van der Waals surface area (Å²) < 4.78 is 39.7. The van der Waals surface area contributed by atoms with E-state index in [2.05, 4.69) is 5.32 Å². The Morgan fingerprint density at radius 3 is 2.38 bits per heavy atom. The summed E-state index contributed by atoms with van der Waals surface area (Å²) in [6.45, 7) is 4.11. The highest BCUT2D eigenvalue weighted by Crippen LogP contribution is 2.23. The molecular formula is C24H31ClFN3O4S. The van der Waals surface area contributed by atoms with Crippen molar-refractivity contribution in [2.45, 2.75) is 45.7 Å². The molecule has 2 aromatic rings. The molecule has 0 fully saturated rings. The molecule has 0 spiro atoms. The molecule has 0 unspecified atom stereocenters. The Hall–Kier alpha value is -2.65. The molecule has 2 aromatic carbocycles. The van der Waals surface area contributed by atoms with Crippen LogP contribution in [0.15, 0.2) is 48.5 Å². The number of benzene rings is 2. The van der Waals surface area contributed by atoms with Crippen LogP contribution in [0.1, 0.15) is 38.7 Å². The molecule has 1 N–H and O–H groups in total. The summed E-state index contributed by atoms with van der Waals surface area (Å²) in [5, 5.41) is 3.27. The number of carbonyl (C=O) groups excluding carboxylic acids is 2. The summed E-state index contributed by atoms with van der Waals surface area (Å²) in [7, 11) is -3.77. The Kier molecular flexibility index (Phi) is 10.3. The molecule has 2 rings (SSSR count). The lowest BCUT2D eigenvalue weighted by Crippen LogP contribution is -2.48. The third-order valence-electron chi connectivity index (χ3n) is 5.29. The standard InChI is InChI=1S/C24H31ClFN3O4S/c1-4-15-27-24(31)18(2)28(17-19-10-5-6-11-20(19)25)23(30)14-9-16-29(34(3,32)33)22-13-8-7-12-21(22)26/h5-8,10-13,18H,4,9,14-17H2,1-3H3,(H,27,31)/t18-/m0/s1. The summed E-state index contributed by atoms with van der Waals surface area (Å²) in [5.74, 6) is -1.28. The summed E-state index contributed by atoms with van der Waals surface area (Å²) >= 11 is 6.27. The maximum Gasteiger partial charge on any atom is 0.242 e. The molecule has 10 heteroatoms. The molecule has 0 aliphatic carbocycles. The van der Waals surface area contributed by atoms with Gasteiger partial charge in [-0.05, 0) is 43.5 Å². The monoisotopic (exact) mass is 511 g/mol. The molecule has 0 aromatic heterocycles. The smallest absolute Gasteiger partial charge is 0.242 e. The number of amides is 2. The van der Waals surface area contributed by atoms with Crippen LogP contribution in [0.4, 0.5) is 10.1 Å². The van der Waals surface area contributed by atoms with Crippen LogP contribution in [-0.4, -0.2) is 50.5 Å². The summed E-state index contributed by atoms with van der Waals surface area (Å²) in [5.41, 5.74) is 0.620. The SMILES string of the molecule is CCCNC(=O)[C@H](C)N(Cc1ccccc1Cl)C(=O)CCCN(c1ccccc1F)S(C)(=O)=O. The van der Waals surface area contributed by atoms with Crippen molar-refractivity contribution in [3.05, 3.63) is 64.9 Å². The minimum absolute atomic E-state index is 0.0314. The zero-order chi connectivity index (χ0) is 25.3. The summed E-state index contributed by atoms with van der Waals surface area (Å²) in [6, 6.07) is 11.9. The van der Waals surface area contributed by atoms with Crippen LogP contribution in [0.2, 0.25) is 5.02 Å². The van der Waals surface area contributed by atoms with Crippen molar-refractivity contribution in [2.75, 3.05) is 23.7 Å². The Morgan fingerprint density at radius 1 is 1.12 bits per heavy atom. The minimum Gasteiger partial charge on any atom is -0.354 e. The van der Waals surface area contributed by atoms with Gasteiger partial charge in [-0.2, -0.15) is 0 Å². The van der Waals surface area contributed by atoms with Crippen molar-refractivity contribution >= 4 is 39.1 Å². The third kappa shape index (κ3) is 7.70. The van der Waals surface area contributed by atoms with E-state index in [0.717, 1.165) is 17.0 Å². The van der Waals surface area contributed by atoms with Gasteiger partial charge in [-0.3, -0.25) is 13.9 Å². The summed E-state index contributed by atoms with van der Waals surface area (Å²) in [6.07, 6.45) is 1.86. The van der Waals surface area contributed by atoms with Gasteiger partial charge in [0.2, 0.25) is 21.8 Å². The van der Waals surface area contributed by atoms with E-state index in [4.69, 9.17) is 11.6 Å². The molecule has 0 radical (unpaired) electrons. The molecule has 0 bridgehead atoms. The van der Waals surface area contributed by atoms with Crippen molar-refractivity contribution in [1.82, 2.24) is 10.2 Å². The maximum atomic E-state index is 14.2. The van der Waals surface area contributed by atoms with Crippen molar-refractivity contribution < 1.29 is 22.4 Å². The van der Waals surface area contributed by atoms with E-state index in [0.29, 0.717) is 17.1 Å². The fourth-order valence-corrected chi connectivity index (χ4v) is 4.59. The molecule has 1 atom stereocenters. The molecule has 0 aliphatic rings. The fourth-order valence-electron chi connectivity index (χ4n) is 3.43. The normalized spacial score (nSPS) is 12.1. The van der Waals surface area contributed by atoms with Gasteiger partial charge in [-0.25, -0.2) is 12.8 Å². The number of rotatable bonds is 12. The van der Waals surface area contributed by atoms with Crippen LogP contribution < -0.4 is 9.62 Å². The Morgan fingerprint density at radius 2 is 1.76 bits per heavy atom. The average Bonchev–Trinajstić information content (AvgIpc) is 2.79. The number of hydrogen-bond donors (Lipinski definition) is 1. The molecule has 7 nitrogen and oxygen atoms in total. The summed E-state index contributed by atoms with van der Waals surface area (Å²) in [4.78, 5) is 27.2. The van der Waals surface area contributed by atoms with Crippen LogP contribution in [-0.2, 0) is 26.2 Å². The second-order valence-corrected chi connectivity index (χ2v) is 10.3. The highest BCUT2D eigenvalue weighted by atomic mass is 35.5. The lowest BCUT2D eigenvalue weighted by Gasteiger charge is -2.29.